The van der Waals surface area contributed by atoms with E-state index >= 15 is 0 Å². The van der Waals surface area contributed by atoms with Gasteiger partial charge in [-0.25, -0.2) is 18.4 Å². The molecule has 0 amide bonds. The minimum atomic E-state index is -4.94. The largest absolute Gasteiger partial charge is 0.419 e. The zero-order chi connectivity index (χ0) is 29.6. The van der Waals surface area contributed by atoms with E-state index in [9.17, 15) is 34.6 Å². The number of fused-ring (bicyclic) bond motifs is 1. The van der Waals surface area contributed by atoms with Crippen molar-refractivity contribution in [2.75, 3.05) is 10.5 Å². The molecule has 0 saturated heterocycles. The molecular weight excluding hydrogens is 581 g/mol. The lowest BCUT2D eigenvalue weighted by Gasteiger charge is -2.18. The van der Waals surface area contributed by atoms with Crippen molar-refractivity contribution in [2.24, 2.45) is 0 Å². The third-order valence-electron chi connectivity index (χ3n) is 6.05. The molecule has 9 nitrogen and oxygen atoms in total. The molecule has 0 aliphatic heterocycles. The summed E-state index contributed by atoms with van der Waals surface area (Å²) in [6, 6.07) is 20.0. The second kappa shape index (κ2) is 10.1. The maximum absolute atomic E-state index is 14.6. The molecule has 0 saturated carbocycles. The molecule has 4 aromatic carbocycles. The number of nitrogens with two attached hydrogens (primary N) is 1. The fraction of sp³-hybridized carbons (Fsp3) is 0.0370. The number of halogens is 3. The fourth-order valence-corrected chi connectivity index (χ4v) is 5.95. The highest BCUT2D eigenvalue weighted by atomic mass is 32.2. The Balaban J connectivity index is 1.85. The Morgan fingerprint density at radius 3 is 2.02 bits per heavy atom. The minimum absolute atomic E-state index is 0.218. The first-order valence-corrected chi connectivity index (χ1v) is 14.6. The number of hydrogen-bond donors (Lipinski definition) is 3. The highest BCUT2D eigenvalue weighted by molar-refractivity contribution is 7.92. The van der Waals surface area contributed by atoms with Crippen LogP contribution < -0.4 is 10.5 Å². The summed E-state index contributed by atoms with van der Waals surface area (Å²) in [5, 5.41) is 0. The average Bonchev–Trinajstić information content (AvgIpc) is 2.91. The summed E-state index contributed by atoms with van der Waals surface area (Å²) in [6.07, 6.45) is -4.94. The molecule has 5 rings (SSSR count). The first kappa shape index (κ1) is 28.0. The highest BCUT2D eigenvalue weighted by Gasteiger charge is 2.38. The molecule has 1 heterocycles. The number of nitrogens with zero attached hydrogens (tertiary/aromatic N) is 2. The zero-order valence-corrected chi connectivity index (χ0v) is 22.3. The summed E-state index contributed by atoms with van der Waals surface area (Å²) in [5.74, 6) is -0.564. The SMILES string of the molecule is Nc1ccc(S(=O)(=O)Nc2nc3ccc(-c4ccccc4)c(C(F)(F)F)c3nc2-c2ccccc2S(=O)(=O)O)cc1. The Kier molecular flexibility index (Phi) is 6.93. The van der Waals surface area contributed by atoms with Crippen molar-refractivity contribution < 1.29 is 34.6 Å². The van der Waals surface area contributed by atoms with Gasteiger partial charge in [0, 0.05) is 11.3 Å². The Morgan fingerprint density at radius 1 is 0.756 bits per heavy atom. The number of benzene rings is 4. The summed E-state index contributed by atoms with van der Waals surface area (Å²) in [5.41, 5.74) is 2.86. The highest BCUT2D eigenvalue weighted by Crippen LogP contribution is 2.43. The average molecular weight is 601 g/mol. The molecule has 5 aromatic rings. The van der Waals surface area contributed by atoms with E-state index in [4.69, 9.17) is 5.73 Å². The van der Waals surface area contributed by atoms with Crippen molar-refractivity contribution in [3.63, 3.8) is 0 Å². The third kappa shape index (κ3) is 5.57. The van der Waals surface area contributed by atoms with Crippen LogP contribution in [0.2, 0.25) is 0 Å². The van der Waals surface area contributed by atoms with E-state index in [2.05, 4.69) is 14.7 Å². The van der Waals surface area contributed by atoms with Crippen LogP contribution in [0, 0.1) is 0 Å². The van der Waals surface area contributed by atoms with Crippen molar-refractivity contribution in [2.45, 2.75) is 16.0 Å². The maximum atomic E-state index is 14.6. The molecule has 0 atom stereocenters. The van der Waals surface area contributed by atoms with Crippen LogP contribution >= 0.6 is 0 Å². The molecule has 0 spiro atoms. The topological polar surface area (TPSA) is 152 Å². The van der Waals surface area contributed by atoms with Crippen LogP contribution in [0.25, 0.3) is 33.4 Å². The van der Waals surface area contributed by atoms with Crippen molar-refractivity contribution in [3.8, 4) is 22.4 Å². The molecule has 1 aromatic heterocycles. The lowest BCUT2D eigenvalue weighted by molar-refractivity contribution is -0.135. The van der Waals surface area contributed by atoms with Crippen LogP contribution in [0.5, 0.6) is 0 Å². The standard InChI is InChI=1S/C27H19F3N4O5S2/c28-27(29,30)23-19(16-6-2-1-3-7-16)14-15-21-25(23)33-24(20-8-4-5-9-22(20)41(37,38)39)26(32-21)34-40(35,36)18-12-10-17(31)11-13-18/h1-15H,31H2,(H,32,34)(H,37,38,39). The van der Waals surface area contributed by atoms with Gasteiger partial charge < -0.3 is 5.73 Å². The van der Waals surface area contributed by atoms with Crippen molar-refractivity contribution in [3.05, 3.63) is 96.6 Å². The minimum Gasteiger partial charge on any atom is -0.399 e. The van der Waals surface area contributed by atoms with Gasteiger partial charge in [0.1, 0.15) is 16.1 Å². The van der Waals surface area contributed by atoms with Gasteiger partial charge in [-0.2, -0.15) is 21.6 Å². The number of aromatic nitrogens is 2. The van der Waals surface area contributed by atoms with Gasteiger partial charge in [-0.3, -0.25) is 9.27 Å². The van der Waals surface area contributed by atoms with Gasteiger partial charge in [0.15, 0.2) is 5.82 Å². The van der Waals surface area contributed by atoms with Gasteiger partial charge in [-0.15, -0.1) is 0 Å². The van der Waals surface area contributed by atoms with Crippen LogP contribution in [0.1, 0.15) is 5.56 Å². The molecular formula is C27H19F3N4O5S2. The number of hydrogen-bond acceptors (Lipinski definition) is 7. The van der Waals surface area contributed by atoms with Gasteiger partial charge in [0.05, 0.1) is 16.0 Å². The Hall–Kier alpha value is -4.53. The molecule has 41 heavy (non-hydrogen) atoms. The predicted octanol–water partition coefficient (Wildman–Crippen LogP) is 5.61. The smallest absolute Gasteiger partial charge is 0.399 e. The van der Waals surface area contributed by atoms with Gasteiger partial charge in [0.2, 0.25) is 0 Å². The molecule has 210 valence electrons. The number of nitrogens with one attached hydrogen (secondary N) is 1. The maximum Gasteiger partial charge on any atom is 0.419 e. The first-order valence-electron chi connectivity index (χ1n) is 11.7. The Morgan fingerprint density at radius 2 is 1.39 bits per heavy atom. The molecule has 0 radical (unpaired) electrons. The van der Waals surface area contributed by atoms with Crippen LogP contribution in [0.3, 0.4) is 0 Å². The monoisotopic (exact) mass is 600 g/mol. The van der Waals surface area contributed by atoms with E-state index in [0.717, 1.165) is 12.1 Å². The first-order chi connectivity index (χ1) is 19.3. The Labute approximate surface area is 232 Å². The van der Waals surface area contributed by atoms with Crippen molar-refractivity contribution >= 4 is 42.7 Å². The predicted molar refractivity (Wildman–Crippen MR) is 147 cm³/mol. The molecule has 4 N–H and O–H groups in total. The van der Waals surface area contributed by atoms with Gasteiger partial charge in [0.25, 0.3) is 20.1 Å². The van der Waals surface area contributed by atoms with E-state index in [-0.39, 0.29) is 32.8 Å². The molecule has 0 unspecified atom stereocenters. The fourth-order valence-electron chi connectivity index (χ4n) is 4.25. The molecule has 14 heteroatoms. The molecule has 0 fully saturated rings. The summed E-state index contributed by atoms with van der Waals surface area (Å²) in [6.45, 7) is 0. The normalized spacial score (nSPS) is 12.4. The quantitative estimate of drug-likeness (QED) is 0.168. The second-order valence-corrected chi connectivity index (χ2v) is 11.9. The number of alkyl halides is 3. The zero-order valence-electron chi connectivity index (χ0n) is 20.7. The Bertz CT molecular complexity index is 2000. The van der Waals surface area contributed by atoms with Crippen LogP contribution in [-0.4, -0.2) is 31.4 Å². The summed E-state index contributed by atoms with van der Waals surface area (Å²) < 4.78 is 107. The second-order valence-electron chi connectivity index (χ2n) is 8.79. The van der Waals surface area contributed by atoms with E-state index in [1.54, 1.807) is 18.2 Å². The van der Waals surface area contributed by atoms with E-state index in [1.165, 1.54) is 60.7 Å². The van der Waals surface area contributed by atoms with Crippen LogP contribution in [0.15, 0.2) is 101 Å². The van der Waals surface area contributed by atoms with Gasteiger partial charge in [-0.1, -0.05) is 54.6 Å². The van der Waals surface area contributed by atoms with E-state index < -0.39 is 53.8 Å². The number of nitrogen functional groups attached to an aromatic ring is 1. The number of rotatable bonds is 6. The van der Waals surface area contributed by atoms with Crippen LogP contribution in [-0.2, 0) is 26.3 Å². The summed E-state index contributed by atoms with van der Waals surface area (Å²) >= 11 is 0. The van der Waals surface area contributed by atoms with Crippen LogP contribution in [0.4, 0.5) is 24.7 Å². The molecule has 0 bridgehead atoms. The molecule has 0 aliphatic rings. The molecule has 0 aliphatic carbocycles. The van der Waals surface area contributed by atoms with Gasteiger partial charge >= 0.3 is 6.18 Å². The van der Waals surface area contributed by atoms with Crippen molar-refractivity contribution in [1.29, 1.82) is 0 Å². The summed E-state index contributed by atoms with van der Waals surface area (Å²) in [4.78, 5) is 7.35. The lowest BCUT2D eigenvalue weighted by Crippen LogP contribution is -2.17. The number of anilines is 2. The van der Waals surface area contributed by atoms with Gasteiger partial charge in [-0.05, 0) is 47.5 Å². The van der Waals surface area contributed by atoms with Crippen molar-refractivity contribution in [1.82, 2.24) is 9.97 Å². The summed E-state index contributed by atoms with van der Waals surface area (Å²) in [7, 11) is -9.33. The van der Waals surface area contributed by atoms with E-state index in [1.807, 2.05) is 0 Å². The third-order valence-corrected chi connectivity index (χ3v) is 8.31. The van der Waals surface area contributed by atoms with E-state index in [0.29, 0.717) is 0 Å². The number of sulfonamides is 1. The lowest BCUT2D eigenvalue weighted by atomic mass is 9.97.